The second-order valence-corrected chi connectivity index (χ2v) is 6.45. The maximum atomic E-state index is 11.6. The van der Waals surface area contributed by atoms with Gasteiger partial charge < -0.3 is 5.32 Å². The van der Waals surface area contributed by atoms with Gasteiger partial charge in [0.1, 0.15) is 0 Å². The number of thiazole rings is 1. The standard InChI is InChI=1S/C10H19N3O2S2/c1-2-5-11-6-3-4-9-17(14,15)13-10-12-7-8-16-10/h7-8,11H,2-6,9H2,1H3,(H,12,13). The Balaban J connectivity index is 2.17. The molecule has 0 amide bonds. The molecule has 5 nitrogen and oxygen atoms in total. The van der Waals surface area contributed by atoms with E-state index in [1.165, 1.54) is 11.3 Å². The number of sulfonamides is 1. The smallest absolute Gasteiger partial charge is 0.234 e. The first-order valence-electron chi connectivity index (χ1n) is 5.75. The van der Waals surface area contributed by atoms with E-state index in [1.807, 2.05) is 0 Å². The van der Waals surface area contributed by atoms with Crippen LogP contribution in [0.25, 0.3) is 0 Å². The Morgan fingerprint density at radius 2 is 2.18 bits per heavy atom. The molecule has 0 aliphatic carbocycles. The van der Waals surface area contributed by atoms with E-state index >= 15 is 0 Å². The summed E-state index contributed by atoms with van der Waals surface area (Å²) in [6, 6.07) is 0. The molecule has 0 aliphatic rings. The molecule has 0 atom stereocenters. The van der Waals surface area contributed by atoms with Crippen molar-refractivity contribution < 1.29 is 8.42 Å². The minimum absolute atomic E-state index is 0.153. The summed E-state index contributed by atoms with van der Waals surface area (Å²) in [5.74, 6) is 0.153. The molecule has 0 spiro atoms. The van der Waals surface area contributed by atoms with Gasteiger partial charge >= 0.3 is 0 Å². The van der Waals surface area contributed by atoms with Gasteiger partial charge in [-0.15, -0.1) is 11.3 Å². The summed E-state index contributed by atoms with van der Waals surface area (Å²) in [5, 5.41) is 5.42. The first-order valence-corrected chi connectivity index (χ1v) is 8.28. The molecular weight excluding hydrogens is 258 g/mol. The number of anilines is 1. The Bertz CT molecular complexity index is 390. The van der Waals surface area contributed by atoms with Crippen LogP contribution in [0.4, 0.5) is 5.13 Å². The lowest BCUT2D eigenvalue weighted by Crippen LogP contribution is -2.19. The Hall–Kier alpha value is -0.660. The highest BCUT2D eigenvalue weighted by atomic mass is 32.2. The highest BCUT2D eigenvalue weighted by Crippen LogP contribution is 2.12. The highest BCUT2D eigenvalue weighted by Gasteiger charge is 2.10. The number of rotatable bonds is 9. The minimum Gasteiger partial charge on any atom is -0.317 e. The van der Waals surface area contributed by atoms with E-state index in [9.17, 15) is 8.42 Å². The third-order valence-electron chi connectivity index (χ3n) is 2.12. The first kappa shape index (κ1) is 14.4. The number of unbranched alkanes of at least 4 members (excludes halogenated alkanes) is 1. The van der Waals surface area contributed by atoms with Crippen molar-refractivity contribution in [1.82, 2.24) is 10.3 Å². The van der Waals surface area contributed by atoms with Crippen molar-refractivity contribution in [2.24, 2.45) is 0 Å². The molecule has 1 aromatic heterocycles. The van der Waals surface area contributed by atoms with Gasteiger partial charge in [-0.3, -0.25) is 4.72 Å². The van der Waals surface area contributed by atoms with Crippen LogP contribution in [0.2, 0.25) is 0 Å². The topological polar surface area (TPSA) is 71.1 Å². The molecule has 17 heavy (non-hydrogen) atoms. The lowest BCUT2D eigenvalue weighted by molar-refractivity contribution is 0.590. The summed E-state index contributed by atoms with van der Waals surface area (Å²) < 4.78 is 25.7. The molecule has 0 saturated heterocycles. The van der Waals surface area contributed by atoms with Crippen LogP contribution in [-0.2, 0) is 10.0 Å². The lowest BCUT2D eigenvalue weighted by Gasteiger charge is -2.05. The molecule has 0 radical (unpaired) electrons. The second kappa shape index (κ2) is 7.62. The van der Waals surface area contributed by atoms with Crippen LogP contribution in [0, 0.1) is 0 Å². The largest absolute Gasteiger partial charge is 0.317 e. The molecule has 2 N–H and O–H groups in total. The molecule has 0 aliphatic heterocycles. The van der Waals surface area contributed by atoms with E-state index < -0.39 is 10.0 Å². The van der Waals surface area contributed by atoms with Gasteiger partial charge in [0.25, 0.3) is 0 Å². The van der Waals surface area contributed by atoms with Gasteiger partial charge in [0.05, 0.1) is 5.75 Å². The first-order chi connectivity index (χ1) is 8.14. The molecule has 1 rings (SSSR count). The van der Waals surface area contributed by atoms with E-state index in [2.05, 4.69) is 21.9 Å². The Kier molecular flexibility index (Phi) is 6.46. The van der Waals surface area contributed by atoms with Gasteiger partial charge in [0.15, 0.2) is 5.13 Å². The summed E-state index contributed by atoms with van der Waals surface area (Å²) in [6.07, 6.45) is 4.22. The van der Waals surface area contributed by atoms with Gasteiger partial charge in [0, 0.05) is 11.6 Å². The Morgan fingerprint density at radius 1 is 1.35 bits per heavy atom. The van der Waals surface area contributed by atoms with E-state index in [4.69, 9.17) is 0 Å². The van der Waals surface area contributed by atoms with Crippen molar-refractivity contribution >= 4 is 26.5 Å². The molecular formula is C10H19N3O2S2. The van der Waals surface area contributed by atoms with Crippen LogP contribution in [0.1, 0.15) is 26.2 Å². The maximum Gasteiger partial charge on any atom is 0.234 e. The summed E-state index contributed by atoms with van der Waals surface area (Å²) >= 11 is 1.29. The zero-order chi connectivity index (χ0) is 12.6. The monoisotopic (exact) mass is 277 g/mol. The predicted octanol–water partition coefficient (Wildman–Crippen LogP) is 1.66. The van der Waals surface area contributed by atoms with Crippen molar-refractivity contribution in [2.75, 3.05) is 23.6 Å². The van der Waals surface area contributed by atoms with Crippen molar-refractivity contribution in [1.29, 1.82) is 0 Å². The van der Waals surface area contributed by atoms with E-state index in [0.29, 0.717) is 11.6 Å². The van der Waals surface area contributed by atoms with Gasteiger partial charge in [-0.25, -0.2) is 13.4 Å². The van der Waals surface area contributed by atoms with Crippen LogP contribution in [0.5, 0.6) is 0 Å². The summed E-state index contributed by atoms with van der Waals surface area (Å²) in [6.45, 7) is 3.97. The quantitative estimate of drug-likeness (QED) is 0.674. The molecule has 98 valence electrons. The number of aromatic nitrogens is 1. The van der Waals surface area contributed by atoms with E-state index in [0.717, 1.165) is 25.9 Å². The highest BCUT2D eigenvalue weighted by molar-refractivity contribution is 7.92. The zero-order valence-corrected chi connectivity index (χ0v) is 11.6. The SMILES string of the molecule is CCCNCCCCS(=O)(=O)Nc1nccs1. The van der Waals surface area contributed by atoms with Gasteiger partial charge in [-0.1, -0.05) is 6.92 Å². The zero-order valence-electron chi connectivity index (χ0n) is 9.98. The summed E-state index contributed by atoms with van der Waals surface area (Å²) in [4.78, 5) is 3.89. The number of hydrogen-bond acceptors (Lipinski definition) is 5. The molecule has 0 unspecified atom stereocenters. The lowest BCUT2D eigenvalue weighted by atomic mass is 10.3. The molecule has 1 heterocycles. The van der Waals surface area contributed by atoms with Crippen LogP contribution < -0.4 is 10.0 Å². The van der Waals surface area contributed by atoms with Crippen LogP contribution in [-0.4, -0.2) is 32.2 Å². The number of nitrogens with zero attached hydrogens (tertiary/aromatic N) is 1. The maximum absolute atomic E-state index is 11.6. The molecule has 0 fully saturated rings. The minimum atomic E-state index is -3.23. The van der Waals surface area contributed by atoms with Crippen molar-refractivity contribution in [2.45, 2.75) is 26.2 Å². The Labute approximate surface area is 107 Å². The van der Waals surface area contributed by atoms with Crippen LogP contribution in [0.15, 0.2) is 11.6 Å². The molecule has 1 aromatic rings. The number of hydrogen-bond donors (Lipinski definition) is 2. The summed E-state index contributed by atoms with van der Waals surface area (Å²) in [7, 11) is -3.23. The van der Waals surface area contributed by atoms with Crippen molar-refractivity contribution in [3.05, 3.63) is 11.6 Å². The summed E-state index contributed by atoms with van der Waals surface area (Å²) in [5.41, 5.74) is 0. The molecule has 0 bridgehead atoms. The normalized spacial score (nSPS) is 11.6. The van der Waals surface area contributed by atoms with Crippen LogP contribution in [0.3, 0.4) is 0 Å². The number of nitrogens with one attached hydrogen (secondary N) is 2. The average molecular weight is 277 g/mol. The van der Waals surface area contributed by atoms with Crippen LogP contribution >= 0.6 is 11.3 Å². The van der Waals surface area contributed by atoms with Gasteiger partial charge in [-0.05, 0) is 32.4 Å². The third-order valence-corrected chi connectivity index (χ3v) is 4.27. The fourth-order valence-corrected chi connectivity index (χ4v) is 3.25. The average Bonchev–Trinajstić information content (AvgIpc) is 2.75. The second-order valence-electron chi connectivity index (χ2n) is 3.72. The van der Waals surface area contributed by atoms with E-state index in [1.54, 1.807) is 11.6 Å². The molecule has 7 heteroatoms. The van der Waals surface area contributed by atoms with Gasteiger partial charge in [-0.2, -0.15) is 0 Å². The van der Waals surface area contributed by atoms with Crippen molar-refractivity contribution in [3.63, 3.8) is 0 Å². The Morgan fingerprint density at radius 3 is 2.82 bits per heavy atom. The van der Waals surface area contributed by atoms with Gasteiger partial charge in [0.2, 0.25) is 10.0 Å². The fourth-order valence-electron chi connectivity index (χ4n) is 1.30. The predicted molar refractivity (Wildman–Crippen MR) is 71.9 cm³/mol. The third kappa shape index (κ3) is 6.60. The fraction of sp³-hybridized carbons (Fsp3) is 0.700. The van der Waals surface area contributed by atoms with Crippen molar-refractivity contribution in [3.8, 4) is 0 Å². The molecule has 0 saturated carbocycles. The molecule has 0 aromatic carbocycles. The van der Waals surface area contributed by atoms with E-state index in [-0.39, 0.29) is 5.75 Å².